The second-order valence-corrected chi connectivity index (χ2v) is 6.05. The maximum atomic E-state index is 12.2. The Balaban J connectivity index is 1.61. The molecule has 2 aromatic carbocycles. The molecule has 0 aliphatic carbocycles. The molecule has 6 nitrogen and oxygen atoms in total. The number of nitrogens with zero attached hydrogens (tertiary/aromatic N) is 2. The highest BCUT2D eigenvalue weighted by Gasteiger charge is 2.18. The van der Waals surface area contributed by atoms with E-state index in [2.05, 4.69) is 27.6 Å². The number of para-hydroxylation sites is 1. The number of benzene rings is 2. The first-order valence-corrected chi connectivity index (χ1v) is 8.58. The number of amides is 1. The minimum Gasteiger partial charge on any atom is -0.497 e. The molecule has 26 heavy (non-hydrogen) atoms. The number of hydrazone groups is 1. The average molecular weight is 353 g/mol. The number of hydrogen-bond donors (Lipinski definition) is 1. The Hall–Kier alpha value is -3.02. The number of anilines is 1. The van der Waals surface area contributed by atoms with Crippen LogP contribution >= 0.6 is 0 Å². The van der Waals surface area contributed by atoms with Gasteiger partial charge >= 0.3 is 0 Å². The smallest absolute Gasteiger partial charge is 0.259 e. The van der Waals surface area contributed by atoms with Crippen LogP contribution in [0.15, 0.2) is 47.6 Å². The monoisotopic (exact) mass is 353 g/mol. The van der Waals surface area contributed by atoms with Crippen molar-refractivity contribution in [3.63, 3.8) is 0 Å². The van der Waals surface area contributed by atoms with Gasteiger partial charge in [0.1, 0.15) is 11.5 Å². The molecule has 1 heterocycles. The Morgan fingerprint density at radius 2 is 2.08 bits per heavy atom. The van der Waals surface area contributed by atoms with E-state index in [0.29, 0.717) is 11.5 Å². The molecular formula is C20H23N3O3. The first kappa shape index (κ1) is 17.8. The zero-order valence-corrected chi connectivity index (χ0v) is 15.1. The molecule has 1 aliphatic heterocycles. The number of nitrogens with one attached hydrogen (secondary N) is 1. The van der Waals surface area contributed by atoms with E-state index in [1.807, 2.05) is 24.3 Å². The minimum absolute atomic E-state index is 0.148. The maximum Gasteiger partial charge on any atom is 0.259 e. The van der Waals surface area contributed by atoms with E-state index in [1.165, 1.54) is 5.56 Å². The molecule has 136 valence electrons. The third kappa shape index (κ3) is 4.14. The Morgan fingerprint density at radius 1 is 1.23 bits per heavy atom. The van der Waals surface area contributed by atoms with E-state index in [9.17, 15) is 4.79 Å². The van der Waals surface area contributed by atoms with E-state index < -0.39 is 0 Å². The fourth-order valence-electron chi connectivity index (χ4n) is 3.08. The summed E-state index contributed by atoms with van der Waals surface area (Å²) in [7, 11) is 3.18. The molecule has 0 unspecified atom stereocenters. The normalized spacial score (nSPS) is 13.4. The van der Waals surface area contributed by atoms with Crippen LogP contribution in [-0.4, -0.2) is 39.4 Å². The van der Waals surface area contributed by atoms with Crippen LogP contribution < -0.4 is 19.8 Å². The SMILES string of the molecule is COc1ccc(C=NNC(=O)CN2CCCc3ccccc32)c(OC)c1. The summed E-state index contributed by atoms with van der Waals surface area (Å²) in [6.07, 6.45) is 3.68. The molecule has 0 spiro atoms. The van der Waals surface area contributed by atoms with Crippen molar-refractivity contribution in [2.75, 3.05) is 32.2 Å². The van der Waals surface area contributed by atoms with Crippen LogP contribution in [0.1, 0.15) is 17.5 Å². The lowest BCUT2D eigenvalue weighted by atomic mass is 10.0. The quantitative estimate of drug-likeness (QED) is 0.640. The summed E-state index contributed by atoms with van der Waals surface area (Å²) >= 11 is 0. The van der Waals surface area contributed by atoms with Gasteiger partial charge in [-0.25, -0.2) is 5.43 Å². The summed E-state index contributed by atoms with van der Waals surface area (Å²) in [5, 5.41) is 4.06. The van der Waals surface area contributed by atoms with Gasteiger partial charge in [0.2, 0.25) is 0 Å². The standard InChI is InChI=1S/C20H23N3O3/c1-25-17-10-9-16(19(12-17)26-2)13-21-22-20(24)14-23-11-5-7-15-6-3-4-8-18(15)23/h3-4,6,8-10,12-13H,5,7,11,14H2,1-2H3,(H,22,24). The highest BCUT2D eigenvalue weighted by Crippen LogP contribution is 2.26. The summed E-state index contributed by atoms with van der Waals surface area (Å²) in [5.74, 6) is 1.18. The number of rotatable bonds is 6. The summed E-state index contributed by atoms with van der Waals surface area (Å²) < 4.78 is 10.5. The third-order valence-electron chi connectivity index (χ3n) is 4.37. The molecular weight excluding hydrogens is 330 g/mol. The molecule has 3 rings (SSSR count). The van der Waals surface area contributed by atoms with Crippen LogP contribution in [0.2, 0.25) is 0 Å². The van der Waals surface area contributed by atoms with Crippen LogP contribution in [-0.2, 0) is 11.2 Å². The van der Waals surface area contributed by atoms with Gasteiger partial charge in [0, 0.05) is 23.9 Å². The Morgan fingerprint density at radius 3 is 2.88 bits per heavy atom. The van der Waals surface area contributed by atoms with Gasteiger partial charge in [-0.05, 0) is 36.6 Å². The molecule has 0 fully saturated rings. The second-order valence-electron chi connectivity index (χ2n) is 6.05. The van der Waals surface area contributed by atoms with E-state index in [1.54, 1.807) is 26.5 Å². The zero-order valence-electron chi connectivity index (χ0n) is 15.1. The van der Waals surface area contributed by atoms with Gasteiger partial charge in [-0.3, -0.25) is 4.79 Å². The van der Waals surface area contributed by atoms with Crippen molar-refractivity contribution in [1.29, 1.82) is 0 Å². The van der Waals surface area contributed by atoms with Gasteiger partial charge < -0.3 is 14.4 Å². The number of methoxy groups -OCH3 is 2. The van der Waals surface area contributed by atoms with Crippen molar-refractivity contribution in [2.45, 2.75) is 12.8 Å². The van der Waals surface area contributed by atoms with E-state index in [4.69, 9.17) is 9.47 Å². The van der Waals surface area contributed by atoms with Crippen molar-refractivity contribution < 1.29 is 14.3 Å². The lowest BCUT2D eigenvalue weighted by Gasteiger charge is -2.30. The first-order valence-electron chi connectivity index (χ1n) is 8.58. The third-order valence-corrected chi connectivity index (χ3v) is 4.37. The zero-order chi connectivity index (χ0) is 18.4. The Bertz CT molecular complexity index is 805. The number of carbonyl (C=O) groups is 1. The maximum absolute atomic E-state index is 12.2. The van der Waals surface area contributed by atoms with Crippen molar-refractivity contribution in [2.24, 2.45) is 5.10 Å². The fraction of sp³-hybridized carbons (Fsp3) is 0.300. The Labute approximate surface area is 153 Å². The molecule has 0 aromatic heterocycles. The van der Waals surface area contributed by atoms with Gasteiger partial charge in [0.15, 0.2) is 0 Å². The number of aryl methyl sites for hydroxylation is 1. The molecule has 1 aliphatic rings. The largest absolute Gasteiger partial charge is 0.497 e. The molecule has 2 aromatic rings. The van der Waals surface area contributed by atoms with Gasteiger partial charge in [0.05, 0.1) is 27.0 Å². The van der Waals surface area contributed by atoms with E-state index in [0.717, 1.165) is 30.6 Å². The predicted octanol–water partition coefficient (Wildman–Crippen LogP) is 2.61. The van der Waals surface area contributed by atoms with Gasteiger partial charge in [-0.2, -0.15) is 5.10 Å². The molecule has 0 saturated carbocycles. The molecule has 6 heteroatoms. The van der Waals surface area contributed by atoms with Crippen molar-refractivity contribution in [1.82, 2.24) is 5.43 Å². The van der Waals surface area contributed by atoms with E-state index in [-0.39, 0.29) is 12.5 Å². The molecule has 1 N–H and O–H groups in total. The number of hydrogen-bond acceptors (Lipinski definition) is 5. The number of fused-ring (bicyclic) bond motifs is 1. The van der Waals surface area contributed by atoms with Crippen molar-refractivity contribution in [3.05, 3.63) is 53.6 Å². The van der Waals surface area contributed by atoms with E-state index >= 15 is 0 Å². The lowest BCUT2D eigenvalue weighted by Crippen LogP contribution is -2.38. The van der Waals surface area contributed by atoms with Crippen molar-refractivity contribution in [3.8, 4) is 11.5 Å². The van der Waals surface area contributed by atoms with Crippen LogP contribution in [0.5, 0.6) is 11.5 Å². The lowest BCUT2D eigenvalue weighted by molar-refractivity contribution is -0.119. The van der Waals surface area contributed by atoms with Crippen LogP contribution in [0.3, 0.4) is 0 Å². The highest BCUT2D eigenvalue weighted by atomic mass is 16.5. The molecule has 0 saturated heterocycles. The fourth-order valence-corrected chi connectivity index (χ4v) is 3.08. The van der Waals surface area contributed by atoms with Gasteiger partial charge in [0.25, 0.3) is 5.91 Å². The predicted molar refractivity (Wildman–Crippen MR) is 102 cm³/mol. The molecule has 0 atom stereocenters. The first-order chi connectivity index (χ1) is 12.7. The highest BCUT2D eigenvalue weighted by molar-refractivity contribution is 5.87. The van der Waals surface area contributed by atoms with Gasteiger partial charge in [-0.15, -0.1) is 0 Å². The summed E-state index contributed by atoms with van der Waals surface area (Å²) in [6, 6.07) is 13.6. The van der Waals surface area contributed by atoms with Crippen molar-refractivity contribution >= 4 is 17.8 Å². The summed E-state index contributed by atoms with van der Waals surface area (Å²) in [6.45, 7) is 1.16. The molecule has 1 amide bonds. The van der Waals surface area contributed by atoms with Crippen LogP contribution in [0.25, 0.3) is 0 Å². The average Bonchev–Trinajstić information content (AvgIpc) is 2.68. The minimum atomic E-state index is -0.148. The second kappa shape index (κ2) is 8.38. The van der Waals surface area contributed by atoms with Crippen LogP contribution in [0, 0.1) is 0 Å². The summed E-state index contributed by atoms with van der Waals surface area (Å²) in [4.78, 5) is 14.3. The Kier molecular flexibility index (Phi) is 5.73. The van der Waals surface area contributed by atoms with Gasteiger partial charge in [-0.1, -0.05) is 18.2 Å². The summed E-state index contributed by atoms with van der Waals surface area (Å²) in [5.41, 5.74) is 5.78. The number of carbonyl (C=O) groups excluding carboxylic acids is 1. The van der Waals surface area contributed by atoms with Crippen LogP contribution in [0.4, 0.5) is 5.69 Å². The molecule has 0 bridgehead atoms. The molecule has 0 radical (unpaired) electrons. The topological polar surface area (TPSA) is 63.2 Å². The number of ether oxygens (including phenoxy) is 2.